The van der Waals surface area contributed by atoms with E-state index in [9.17, 15) is 38.0 Å². The summed E-state index contributed by atoms with van der Waals surface area (Å²) >= 11 is 1.48. The highest BCUT2D eigenvalue weighted by atomic mass is 32.2. The predicted octanol–water partition coefficient (Wildman–Crippen LogP) is 4.07. The Balaban J connectivity index is 0.726. The van der Waals surface area contributed by atoms with Gasteiger partial charge in [-0.2, -0.15) is 10.4 Å². The summed E-state index contributed by atoms with van der Waals surface area (Å²) in [6.07, 6.45) is 5.89. The molecule has 0 spiro atoms. The molecule has 0 saturated carbocycles. The van der Waals surface area contributed by atoms with E-state index in [1.807, 2.05) is 9.80 Å². The number of aromatic nitrogens is 4. The van der Waals surface area contributed by atoms with E-state index < -0.39 is 29.8 Å². The van der Waals surface area contributed by atoms with E-state index in [0.29, 0.717) is 104 Å². The maximum absolute atomic E-state index is 14.8. The molecule has 1 unspecified atom stereocenters. The number of likely N-dealkylation sites (N-methyl/N-ethyl adjacent to an activating group) is 2. The number of Topliss-reactive ketones (excluding diaryl/α,β-unsaturated/α-hetero) is 1. The number of rotatable bonds is 20. The van der Waals surface area contributed by atoms with Crippen LogP contribution in [0.1, 0.15) is 95.6 Å². The summed E-state index contributed by atoms with van der Waals surface area (Å²) < 4.78 is 41.7. The summed E-state index contributed by atoms with van der Waals surface area (Å²) in [5.74, 6) is -1.04. The van der Waals surface area contributed by atoms with Gasteiger partial charge in [-0.3, -0.25) is 33.6 Å². The summed E-state index contributed by atoms with van der Waals surface area (Å²) in [5, 5.41) is 21.8. The van der Waals surface area contributed by atoms with Crippen LogP contribution in [0, 0.1) is 28.9 Å². The predicted molar refractivity (Wildman–Crippen MR) is 297 cm³/mol. The number of nitrogens with two attached hydrogens (primary N) is 1. The molecule has 3 fully saturated rings. The number of ketones is 1. The average molecular weight is 1120 g/mol. The number of nitrogens with zero attached hydrogens (tertiary/aromatic N) is 11. The first-order chi connectivity index (χ1) is 38.6. The number of likely N-dealkylation sites (tertiary alicyclic amines) is 2. The van der Waals surface area contributed by atoms with Gasteiger partial charge < -0.3 is 50.3 Å². The summed E-state index contributed by atoms with van der Waals surface area (Å²) in [7, 11) is 5.02. The van der Waals surface area contributed by atoms with Gasteiger partial charge in [0.1, 0.15) is 29.8 Å². The molecular weight excluding hydrogens is 1050 g/mol. The summed E-state index contributed by atoms with van der Waals surface area (Å²) in [5.41, 5.74) is 9.05. The van der Waals surface area contributed by atoms with Gasteiger partial charge in [-0.25, -0.2) is 18.7 Å². The van der Waals surface area contributed by atoms with Gasteiger partial charge in [0.25, 0.3) is 5.91 Å². The van der Waals surface area contributed by atoms with Crippen LogP contribution in [0.25, 0.3) is 11.3 Å². The number of nitriles is 1. The lowest BCUT2D eigenvalue weighted by atomic mass is 9.88. The van der Waals surface area contributed by atoms with Crippen LogP contribution in [0.3, 0.4) is 0 Å². The number of anilines is 2. The largest absolute Gasteiger partial charge is 0.381 e. The van der Waals surface area contributed by atoms with Gasteiger partial charge in [-0.1, -0.05) is 0 Å². The van der Waals surface area contributed by atoms with Crippen LogP contribution >= 0.6 is 11.8 Å². The summed E-state index contributed by atoms with van der Waals surface area (Å²) in [4.78, 5) is 91.8. The zero-order valence-electron chi connectivity index (χ0n) is 45.7. The van der Waals surface area contributed by atoms with E-state index in [0.717, 1.165) is 31.0 Å². The van der Waals surface area contributed by atoms with Crippen LogP contribution in [-0.4, -0.2) is 191 Å². The van der Waals surface area contributed by atoms with E-state index in [-0.39, 0.29) is 98.2 Å². The highest BCUT2D eigenvalue weighted by Crippen LogP contribution is 2.41. The van der Waals surface area contributed by atoms with E-state index in [1.165, 1.54) is 65.3 Å². The molecule has 5 aliphatic rings. The number of hydrogen-bond acceptors (Lipinski definition) is 17. The molecule has 3 saturated heterocycles. The van der Waals surface area contributed by atoms with E-state index in [1.54, 1.807) is 37.6 Å². The second kappa shape index (κ2) is 26.1. The van der Waals surface area contributed by atoms with Crippen molar-refractivity contribution in [2.45, 2.75) is 95.2 Å². The average Bonchev–Trinajstić information content (AvgIpc) is 4.32. The minimum atomic E-state index is -0.725. The van der Waals surface area contributed by atoms with Crippen LogP contribution in [-0.2, 0) is 36.9 Å². The molecule has 2 aromatic heterocycles. The second-order valence-electron chi connectivity index (χ2n) is 21.0. The molecule has 0 aliphatic carbocycles. The van der Waals surface area contributed by atoms with Gasteiger partial charge in [0.05, 0.1) is 92.3 Å². The van der Waals surface area contributed by atoms with Crippen molar-refractivity contribution in [2.75, 3.05) is 103 Å². The lowest BCUT2D eigenvalue weighted by molar-refractivity contribution is -0.138. The van der Waals surface area contributed by atoms with Crippen LogP contribution in [0.5, 0.6) is 0 Å². The van der Waals surface area contributed by atoms with Gasteiger partial charge >= 0.3 is 0 Å². The van der Waals surface area contributed by atoms with Crippen LogP contribution in [0.4, 0.5) is 20.4 Å². The fraction of sp³-hybridized carbons (Fsp3) is 0.536. The highest BCUT2D eigenvalue weighted by Gasteiger charge is 2.43. The first kappa shape index (κ1) is 57.8. The number of piperidine rings is 1. The number of hydrogen-bond donors (Lipinski definition) is 3. The number of aliphatic imine (C=N–C) groups is 1. The second-order valence-corrected chi connectivity index (χ2v) is 22.1. The topological polar surface area (TPSA) is 250 Å². The van der Waals surface area contributed by atoms with Crippen molar-refractivity contribution < 1.29 is 42.2 Å². The minimum absolute atomic E-state index is 0.0235. The molecular formula is C56H70F2N14O7S. The molecule has 80 heavy (non-hydrogen) atoms. The van der Waals surface area contributed by atoms with Gasteiger partial charge in [0, 0.05) is 57.2 Å². The van der Waals surface area contributed by atoms with Crippen molar-refractivity contribution in [3.63, 3.8) is 0 Å². The monoisotopic (exact) mass is 1120 g/mol. The number of ether oxygens (including phenoxy) is 2. The molecule has 2 aromatic carbocycles. The number of carbonyl (C=O) groups is 5. The van der Waals surface area contributed by atoms with Crippen molar-refractivity contribution in [1.82, 2.24) is 50.0 Å². The number of thioether (sulfide) groups is 1. The van der Waals surface area contributed by atoms with E-state index in [4.69, 9.17) is 25.2 Å². The van der Waals surface area contributed by atoms with E-state index in [2.05, 4.69) is 31.7 Å². The van der Waals surface area contributed by atoms with Crippen molar-refractivity contribution in [3.8, 4) is 17.3 Å². The third-order valence-electron chi connectivity index (χ3n) is 15.9. The molecule has 7 heterocycles. The lowest BCUT2D eigenvalue weighted by Gasteiger charge is -2.38. The van der Waals surface area contributed by atoms with Crippen LogP contribution < -0.4 is 21.3 Å². The van der Waals surface area contributed by atoms with Gasteiger partial charge in [0.15, 0.2) is 23.1 Å². The lowest BCUT2D eigenvalue weighted by Crippen LogP contribution is -2.58. The van der Waals surface area contributed by atoms with E-state index >= 15 is 0 Å². The number of halogens is 2. The Labute approximate surface area is 468 Å². The van der Waals surface area contributed by atoms with Gasteiger partial charge in [-0.15, -0.1) is 11.8 Å². The third kappa shape index (κ3) is 13.0. The molecule has 21 nitrogen and oxygen atoms in total. The molecule has 4 aromatic rings. The first-order valence-electron chi connectivity index (χ1n) is 27.5. The van der Waals surface area contributed by atoms with Crippen molar-refractivity contribution >= 4 is 57.9 Å². The Morgan fingerprint density at radius 3 is 2.42 bits per heavy atom. The van der Waals surface area contributed by atoms with Gasteiger partial charge in [0.2, 0.25) is 17.7 Å². The molecule has 4 N–H and O–H groups in total. The van der Waals surface area contributed by atoms with Crippen molar-refractivity contribution in [1.29, 1.82) is 5.26 Å². The number of nitrogens with one attached hydrogen (secondary N) is 2. The van der Waals surface area contributed by atoms with Crippen molar-refractivity contribution in [3.05, 3.63) is 88.4 Å². The first-order valence-corrected chi connectivity index (χ1v) is 28.5. The van der Waals surface area contributed by atoms with Crippen molar-refractivity contribution in [2.24, 2.45) is 10.9 Å². The number of benzene rings is 2. The Kier molecular flexibility index (Phi) is 18.9. The van der Waals surface area contributed by atoms with Gasteiger partial charge in [-0.05, 0) is 120 Å². The molecule has 0 radical (unpaired) electrons. The zero-order valence-corrected chi connectivity index (χ0v) is 46.6. The quantitative estimate of drug-likeness (QED) is 0.0834. The van der Waals surface area contributed by atoms with Crippen LogP contribution in [0.2, 0.25) is 0 Å². The number of amides is 4. The maximum atomic E-state index is 14.8. The molecule has 5 aliphatic heterocycles. The fourth-order valence-electron chi connectivity index (χ4n) is 11.3. The molecule has 9 rings (SSSR count). The molecule has 24 heteroatoms. The fourth-order valence-corrected chi connectivity index (χ4v) is 12.5. The number of nitrogen functional groups attached to an aromatic ring is 1. The molecule has 4 amide bonds. The third-order valence-corrected chi connectivity index (χ3v) is 17.1. The SMILES string of the molecule is CN[C@H](C)C(=O)N[C@@H](C(=O)N1CCC[C@@H]1C1=NC(C(=O)c2ccc(F)cc2)CS1)C1CCN(CCOCCOCCC(=O)N(C)CCn2nc(C#N)c3c2CN(C)C(=O)c2ccc(F)cc2[C@H]2CCCN2c2nc-3cnc2N)CC1. The molecule has 5 atom stereocenters. The summed E-state index contributed by atoms with van der Waals surface area (Å²) in [6.45, 7) is 6.65. The Bertz CT molecular complexity index is 3000. The Morgan fingerprint density at radius 2 is 1.68 bits per heavy atom. The standard InChI is InChI=1S/C56H70F2N14O7S/c1-34(61-2)53(75)65-49(56(77)71-19-6-8-45(71)54-64-43(33-80-54)50(74)36-9-11-37(57)12-10-36)35-15-20-69(21-16-35)24-26-79-28-27-78-25-17-47(73)67(3)22-23-72-46-32-68(4)55(76)39-14-13-38(58)29-40(39)44-7-5-18-70(44)52-51(60)62-31-42(63-52)48(46)41(30-59)66-72/h9-14,29,31,34-35,43-45,49,61H,5-8,15-28,32-33H2,1-4H3,(H2,60,62)(H,65,75)/t34-,43?,44-,45-,49-/m1/s1. The molecule has 2 bridgehead atoms. The molecule has 426 valence electrons. The highest BCUT2D eigenvalue weighted by molar-refractivity contribution is 8.14. The number of carbonyl (C=O) groups excluding carboxylic acids is 5. The normalized spacial score (nSPS) is 20.2. The summed E-state index contributed by atoms with van der Waals surface area (Å²) in [6, 6.07) is 9.33. The van der Waals surface area contributed by atoms with Crippen LogP contribution in [0.15, 0.2) is 53.7 Å². The smallest absolute Gasteiger partial charge is 0.254 e. The Hall–Kier alpha value is -6.91. The minimum Gasteiger partial charge on any atom is -0.381 e. The maximum Gasteiger partial charge on any atom is 0.254 e. The zero-order chi connectivity index (χ0) is 56.6. The Morgan fingerprint density at radius 1 is 0.950 bits per heavy atom. The number of fused-ring (bicyclic) bond motifs is 8.